The number of aryl methyl sites for hydroxylation is 1. The summed E-state index contributed by atoms with van der Waals surface area (Å²) in [5.41, 5.74) is 1.87. The van der Waals surface area contributed by atoms with Gasteiger partial charge in [-0.05, 0) is 30.7 Å². The summed E-state index contributed by atoms with van der Waals surface area (Å²) < 4.78 is 5.33. The number of nitrogens with one attached hydrogen (secondary N) is 1. The lowest BCUT2D eigenvalue weighted by atomic mass is 10.2. The number of amides is 2. The molecule has 142 valence electrons. The van der Waals surface area contributed by atoms with E-state index in [9.17, 15) is 9.59 Å². The number of halogens is 1. The molecule has 0 radical (unpaired) electrons. The number of piperazine rings is 1. The van der Waals surface area contributed by atoms with E-state index in [1.165, 1.54) is 0 Å². The van der Waals surface area contributed by atoms with Crippen molar-refractivity contribution in [1.29, 1.82) is 0 Å². The van der Waals surface area contributed by atoms with Crippen LogP contribution in [0.4, 0.5) is 11.5 Å². The van der Waals surface area contributed by atoms with Crippen LogP contribution in [0.1, 0.15) is 16.1 Å². The average molecular weight is 390 g/mol. The monoisotopic (exact) mass is 389 g/mol. The van der Waals surface area contributed by atoms with Crippen LogP contribution in [-0.4, -0.2) is 65.6 Å². The Morgan fingerprint density at radius 1 is 1.22 bits per heavy atom. The number of carbonyl (C=O) groups is 2. The molecule has 1 aliphatic heterocycles. The summed E-state index contributed by atoms with van der Waals surface area (Å²) in [5.74, 6) is 0.873. The van der Waals surface area contributed by atoms with E-state index in [-0.39, 0.29) is 11.6 Å². The second kappa shape index (κ2) is 8.22. The highest BCUT2D eigenvalue weighted by Crippen LogP contribution is 2.32. The van der Waals surface area contributed by atoms with Crippen molar-refractivity contribution in [2.75, 3.05) is 38.6 Å². The van der Waals surface area contributed by atoms with Crippen molar-refractivity contribution < 1.29 is 14.3 Å². The van der Waals surface area contributed by atoms with E-state index in [0.717, 1.165) is 12.0 Å². The zero-order valence-corrected chi connectivity index (χ0v) is 15.9. The van der Waals surface area contributed by atoms with E-state index in [0.29, 0.717) is 48.5 Å². The molecule has 27 heavy (non-hydrogen) atoms. The fourth-order valence-electron chi connectivity index (χ4n) is 2.77. The standard InChI is InChI=1S/C18H20ClN5O3/c1-12-9-15(16(27-2)10-13(12)19)20-17-4-3-14(21-22-17)18(26)24-7-5-23(11-25)6-8-24/h3-4,9-11H,5-8H2,1-2H3,(H,20,22). The number of aromatic nitrogens is 2. The Morgan fingerprint density at radius 2 is 1.96 bits per heavy atom. The maximum absolute atomic E-state index is 12.5. The summed E-state index contributed by atoms with van der Waals surface area (Å²) in [6.07, 6.45) is 0.800. The largest absolute Gasteiger partial charge is 0.495 e. The van der Waals surface area contributed by atoms with Gasteiger partial charge in [0.05, 0.1) is 12.8 Å². The molecule has 0 bridgehead atoms. The van der Waals surface area contributed by atoms with E-state index in [2.05, 4.69) is 15.5 Å². The molecule has 1 N–H and O–H groups in total. The minimum absolute atomic E-state index is 0.195. The molecule has 1 aromatic heterocycles. The number of rotatable bonds is 5. The molecule has 0 atom stereocenters. The maximum Gasteiger partial charge on any atom is 0.274 e. The Kier molecular flexibility index (Phi) is 5.75. The van der Waals surface area contributed by atoms with Crippen LogP contribution in [0.2, 0.25) is 5.02 Å². The lowest BCUT2D eigenvalue weighted by Gasteiger charge is -2.32. The van der Waals surface area contributed by atoms with Crippen molar-refractivity contribution in [2.45, 2.75) is 6.92 Å². The first-order chi connectivity index (χ1) is 13.0. The summed E-state index contributed by atoms with van der Waals surface area (Å²) in [7, 11) is 1.56. The topological polar surface area (TPSA) is 87.7 Å². The minimum atomic E-state index is -0.195. The molecular weight excluding hydrogens is 370 g/mol. The van der Waals surface area contributed by atoms with Crippen LogP contribution in [0.25, 0.3) is 0 Å². The quantitative estimate of drug-likeness (QED) is 0.788. The Morgan fingerprint density at radius 3 is 2.56 bits per heavy atom. The molecule has 0 saturated carbocycles. The van der Waals surface area contributed by atoms with Gasteiger partial charge in [-0.2, -0.15) is 0 Å². The number of anilines is 2. The summed E-state index contributed by atoms with van der Waals surface area (Å²) in [6, 6.07) is 6.89. The van der Waals surface area contributed by atoms with E-state index in [1.54, 1.807) is 35.1 Å². The van der Waals surface area contributed by atoms with Crippen LogP contribution < -0.4 is 10.1 Å². The van der Waals surface area contributed by atoms with Crippen molar-refractivity contribution in [3.8, 4) is 5.75 Å². The number of benzene rings is 1. The van der Waals surface area contributed by atoms with E-state index >= 15 is 0 Å². The van der Waals surface area contributed by atoms with Crippen molar-refractivity contribution in [2.24, 2.45) is 0 Å². The van der Waals surface area contributed by atoms with E-state index in [1.807, 2.05) is 13.0 Å². The molecule has 1 saturated heterocycles. The van der Waals surface area contributed by atoms with Gasteiger partial charge in [-0.1, -0.05) is 11.6 Å². The minimum Gasteiger partial charge on any atom is -0.495 e. The van der Waals surface area contributed by atoms with Gasteiger partial charge in [-0.3, -0.25) is 9.59 Å². The summed E-state index contributed by atoms with van der Waals surface area (Å²) >= 11 is 6.12. The highest BCUT2D eigenvalue weighted by Gasteiger charge is 2.22. The number of nitrogens with zero attached hydrogens (tertiary/aromatic N) is 4. The molecule has 1 fully saturated rings. The Hall–Kier alpha value is -2.87. The molecule has 3 rings (SSSR count). The average Bonchev–Trinajstić information content (AvgIpc) is 2.70. The van der Waals surface area contributed by atoms with Crippen LogP contribution in [0.15, 0.2) is 24.3 Å². The van der Waals surface area contributed by atoms with Gasteiger partial charge >= 0.3 is 0 Å². The Balaban J connectivity index is 1.70. The fourth-order valence-corrected chi connectivity index (χ4v) is 2.93. The molecule has 2 heterocycles. The molecule has 1 aliphatic rings. The molecule has 1 aromatic carbocycles. The molecule has 0 spiro atoms. The van der Waals surface area contributed by atoms with Gasteiger partial charge in [-0.15, -0.1) is 10.2 Å². The van der Waals surface area contributed by atoms with Gasteiger partial charge in [0.25, 0.3) is 5.91 Å². The molecular formula is C18H20ClN5O3. The van der Waals surface area contributed by atoms with Gasteiger partial charge in [-0.25, -0.2) is 0 Å². The van der Waals surface area contributed by atoms with Crippen molar-refractivity contribution in [3.05, 3.63) is 40.5 Å². The third-order valence-electron chi connectivity index (χ3n) is 4.38. The summed E-state index contributed by atoms with van der Waals surface area (Å²) in [4.78, 5) is 26.6. The van der Waals surface area contributed by atoms with Crippen molar-refractivity contribution in [3.63, 3.8) is 0 Å². The second-order valence-electron chi connectivity index (χ2n) is 6.16. The molecule has 0 aliphatic carbocycles. The SMILES string of the molecule is COc1cc(Cl)c(C)cc1Nc1ccc(C(=O)N2CCN(C=O)CC2)nn1. The first kappa shape index (κ1) is 18.9. The normalized spacial score (nSPS) is 14.0. The first-order valence-electron chi connectivity index (χ1n) is 8.45. The van der Waals surface area contributed by atoms with Crippen molar-refractivity contribution in [1.82, 2.24) is 20.0 Å². The molecule has 0 unspecified atom stereocenters. The molecule has 2 aromatic rings. The first-order valence-corrected chi connectivity index (χ1v) is 8.83. The smallest absolute Gasteiger partial charge is 0.274 e. The Labute approximate surface area is 162 Å². The highest BCUT2D eigenvalue weighted by molar-refractivity contribution is 6.31. The number of carbonyl (C=O) groups excluding carboxylic acids is 2. The van der Waals surface area contributed by atoms with Gasteiger partial charge in [0.1, 0.15) is 5.75 Å². The number of hydrogen-bond donors (Lipinski definition) is 1. The van der Waals surface area contributed by atoms with Crippen LogP contribution in [0.5, 0.6) is 5.75 Å². The predicted molar refractivity (Wildman–Crippen MR) is 102 cm³/mol. The van der Waals surface area contributed by atoms with Crippen molar-refractivity contribution >= 4 is 35.4 Å². The van der Waals surface area contributed by atoms with Crippen LogP contribution in [0.3, 0.4) is 0 Å². The Bertz CT molecular complexity index is 836. The van der Waals surface area contributed by atoms with Gasteiger partial charge in [0.2, 0.25) is 6.41 Å². The van der Waals surface area contributed by atoms with E-state index < -0.39 is 0 Å². The summed E-state index contributed by atoms with van der Waals surface area (Å²) in [6.45, 7) is 3.92. The highest BCUT2D eigenvalue weighted by atomic mass is 35.5. The van der Waals surface area contributed by atoms with Crippen LogP contribution in [-0.2, 0) is 4.79 Å². The van der Waals surface area contributed by atoms with Gasteiger partial charge in [0.15, 0.2) is 11.5 Å². The number of ether oxygens (including phenoxy) is 1. The second-order valence-corrected chi connectivity index (χ2v) is 6.57. The lowest BCUT2D eigenvalue weighted by Crippen LogP contribution is -2.48. The number of hydrogen-bond acceptors (Lipinski definition) is 6. The predicted octanol–water partition coefficient (Wildman–Crippen LogP) is 2.10. The summed E-state index contributed by atoms with van der Waals surface area (Å²) in [5, 5.41) is 11.8. The maximum atomic E-state index is 12.5. The lowest BCUT2D eigenvalue weighted by molar-refractivity contribution is -0.119. The zero-order chi connectivity index (χ0) is 19.4. The molecule has 8 nitrogen and oxygen atoms in total. The van der Waals surface area contributed by atoms with E-state index in [4.69, 9.17) is 16.3 Å². The number of methoxy groups -OCH3 is 1. The van der Waals surface area contributed by atoms with Crippen LogP contribution in [0, 0.1) is 6.92 Å². The fraction of sp³-hybridized carbons (Fsp3) is 0.333. The van der Waals surface area contributed by atoms with Gasteiger partial charge in [0, 0.05) is 37.3 Å². The third-order valence-corrected chi connectivity index (χ3v) is 4.78. The van der Waals surface area contributed by atoms with Gasteiger partial charge < -0.3 is 19.9 Å². The molecule has 2 amide bonds. The molecule has 9 heteroatoms. The van der Waals surface area contributed by atoms with Crippen LogP contribution >= 0.6 is 11.6 Å². The zero-order valence-electron chi connectivity index (χ0n) is 15.1. The third kappa shape index (κ3) is 4.28.